The molecule has 0 fully saturated rings. The second-order valence-electron chi connectivity index (χ2n) is 2.86. The van der Waals surface area contributed by atoms with Gasteiger partial charge < -0.3 is 15.6 Å². The minimum atomic E-state index is 0.272. The van der Waals surface area contributed by atoms with Crippen LogP contribution in [0.3, 0.4) is 0 Å². The number of nitrogens with zero attached hydrogens (tertiary/aromatic N) is 2. The quantitative estimate of drug-likeness (QED) is 0.667. The summed E-state index contributed by atoms with van der Waals surface area (Å²) < 4.78 is 2.01. The van der Waals surface area contributed by atoms with Gasteiger partial charge in [0.05, 0.1) is 6.04 Å². The maximum absolute atomic E-state index is 5.38. The normalized spacial score (nSPS) is 13.2. The molecule has 4 nitrogen and oxygen atoms in total. The second kappa shape index (κ2) is 4.23. The molecule has 1 heterocycles. The monoisotopic (exact) mass is 168 g/mol. The zero-order chi connectivity index (χ0) is 8.97. The topological polar surface area (TPSA) is 55.9 Å². The van der Waals surface area contributed by atoms with Crippen LogP contribution in [0.4, 0.5) is 0 Å². The van der Waals surface area contributed by atoms with E-state index in [9.17, 15) is 0 Å². The van der Waals surface area contributed by atoms with Crippen LogP contribution in [-0.4, -0.2) is 22.6 Å². The van der Waals surface area contributed by atoms with Crippen LogP contribution in [0, 0.1) is 0 Å². The molecule has 4 heteroatoms. The van der Waals surface area contributed by atoms with Crippen molar-refractivity contribution in [3.8, 4) is 0 Å². The van der Waals surface area contributed by atoms with Crippen molar-refractivity contribution < 1.29 is 0 Å². The van der Waals surface area contributed by atoms with Crippen LogP contribution < -0.4 is 11.1 Å². The van der Waals surface area contributed by atoms with Crippen molar-refractivity contribution in [2.24, 2.45) is 12.8 Å². The number of nitrogens with one attached hydrogen (secondary N) is 1. The summed E-state index contributed by atoms with van der Waals surface area (Å²) in [6.07, 6.45) is 3.74. The third-order valence-corrected chi connectivity index (χ3v) is 1.84. The molecular weight excluding hydrogens is 152 g/mol. The van der Waals surface area contributed by atoms with Crippen molar-refractivity contribution >= 4 is 0 Å². The molecule has 0 aliphatic heterocycles. The molecule has 0 aromatic carbocycles. The van der Waals surface area contributed by atoms with E-state index in [1.165, 1.54) is 0 Å². The fraction of sp³-hybridized carbons (Fsp3) is 0.625. The van der Waals surface area contributed by atoms with Gasteiger partial charge in [0.25, 0.3) is 0 Å². The molecule has 0 radical (unpaired) electrons. The Balaban J connectivity index is 2.52. The first-order valence-corrected chi connectivity index (χ1v) is 4.16. The smallest absolute Gasteiger partial charge is 0.125 e. The largest absolute Gasteiger partial charge is 0.337 e. The van der Waals surface area contributed by atoms with Crippen molar-refractivity contribution in [1.29, 1.82) is 0 Å². The highest BCUT2D eigenvalue weighted by Crippen LogP contribution is 2.06. The summed E-state index contributed by atoms with van der Waals surface area (Å²) >= 11 is 0. The average Bonchev–Trinajstić information content (AvgIpc) is 2.47. The molecule has 0 amide bonds. The number of imidazole rings is 1. The van der Waals surface area contributed by atoms with E-state index in [4.69, 9.17) is 5.73 Å². The Morgan fingerprint density at radius 2 is 2.50 bits per heavy atom. The van der Waals surface area contributed by atoms with E-state index in [0.717, 1.165) is 12.4 Å². The van der Waals surface area contributed by atoms with E-state index >= 15 is 0 Å². The predicted octanol–water partition coefficient (Wildman–Crippen LogP) is 0.0294. The van der Waals surface area contributed by atoms with Gasteiger partial charge in [-0.15, -0.1) is 0 Å². The fourth-order valence-corrected chi connectivity index (χ4v) is 1.19. The number of hydrogen-bond acceptors (Lipinski definition) is 3. The first-order chi connectivity index (χ1) is 5.75. The van der Waals surface area contributed by atoms with Gasteiger partial charge in [-0.3, -0.25) is 0 Å². The van der Waals surface area contributed by atoms with Crippen LogP contribution in [0.5, 0.6) is 0 Å². The molecule has 12 heavy (non-hydrogen) atoms. The van der Waals surface area contributed by atoms with E-state index in [0.29, 0.717) is 6.54 Å². The summed E-state index contributed by atoms with van der Waals surface area (Å²) in [6.45, 7) is 3.57. The Morgan fingerprint density at radius 3 is 3.00 bits per heavy atom. The lowest BCUT2D eigenvalue weighted by Gasteiger charge is -2.12. The molecule has 0 aliphatic carbocycles. The van der Waals surface area contributed by atoms with Crippen molar-refractivity contribution in [3.63, 3.8) is 0 Å². The lowest BCUT2D eigenvalue weighted by atomic mass is 10.3. The highest BCUT2D eigenvalue weighted by molar-refractivity contribution is 4.96. The zero-order valence-electron chi connectivity index (χ0n) is 7.62. The molecule has 3 N–H and O–H groups in total. The molecule has 1 aromatic heterocycles. The Kier molecular flexibility index (Phi) is 3.25. The van der Waals surface area contributed by atoms with Gasteiger partial charge in [0.1, 0.15) is 5.82 Å². The Labute approximate surface area is 72.8 Å². The second-order valence-corrected chi connectivity index (χ2v) is 2.86. The van der Waals surface area contributed by atoms with Gasteiger partial charge in [-0.2, -0.15) is 0 Å². The van der Waals surface area contributed by atoms with Gasteiger partial charge in [0, 0.05) is 32.5 Å². The van der Waals surface area contributed by atoms with E-state index in [1.54, 1.807) is 6.20 Å². The molecule has 1 aromatic rings. The minimum Gasteiger partial charge on any atom is -0.337 e. The summed E-state index contributed by atoms with van der Waals surface area (Å²) in [5.41, 5.74) is 5.38. The van der Waals surface area contributed by atoms with E-state index in [1.807, 2.05) is 17.8 Å². The van der Waals surface area contributed by atoms with Gasteiger partial charge >= 0.3 is 0 Å². The maximum atomic E-state index is 5.38. The van der Waals surface area contributed by atoms with E-state index in [-0.39, 0.29) is 6.04 Å². The summed E-state index contributed by atoms with van der Waals surface area (Å²) in [5.74, 6) is 1.04. The SMILES string of the molecule is CC(NCCN)c1nccn1C. The van der Waals surface area contributed by atoms with Crippen molar-refractivity contribution in [2.75, 3.05) is 13.1 Å². The van der Waals surface area contributed by atoms with Crippen LogP contribution >= 0.6 is 0 Å². The molecule has 0 bridgehead atoms. The molecule has 0 saturated carbocycles. The number of aryl methyl sites for hydroxylation is 1. The lowest BCUT2D eigenvalue weighted by Crippen LogP contribution is -2.27. The Hall–Kier alpha value is -0.870. The summed E-state index contributed by atoms with van der Waals surface area (Å²) in [4.78, 5) is 4.23. The highest BCUT2D eigenvalue weighted by atomic mass is 15.1. The number of rotatable bonds is 4. The number of aromatic nitrogens is 2. The zero-order valence-corrected chi connectivity index (χ0v) is 7.62. The van der Waals surface area contributed by atoms with Crippen molar-refractivity contribution in [2.45, 2.75) is 13.0 Å². The van der Waals surface area contributed by atoms with E-state index < -0.39 is 0 Å². The molecule has 0 spiro atoms. The molecular formula is C8H16N4. The van der Waals surface area contributed by atoms with Crippen LogP contribution in [0.2, 0.25) is 0 Å². The van der Waals surface area contributed by atoms with Crippen LogP contribution in [0.15, 0.2) is 12.4 Å². The standard InChI is InChI=1S/C8H16N4/c1-7(10-4-3-9)8-11-5-6-12(8)2/h5-7,10H,3-4,9H2,1-2H3. The Bertz CT molecular complexity index is 231. The molecule has 1 unspecified atom stereocenters. The van der Waals surface area contributed by atoms with Gasteiger partial charge in [-0.1, -0.05) is 0 Å². The average molecular weight is 168 g/mol. The molecule has 0 aliphatic rings. The highest BCUT2D eigenvalue weighted by Gasteiger charge is 2.07. The predicted molar refractivity (Wildman–Crippen MR) is 48.7 cm³/mol. The van der Waals surface area contributed by atoms with E-state index in [2.05, 4.69) is 17.2 Å². The van der Waals surface area contributed by atoms with Gasteiger partial charge in [-0.05, 0) is 6.92 Å². The molecule has 68 valence electrons. The first-order valence-electron chi connectivity index (χ1n) is 4.16. The van der Waals surface area contributed by atoms with Gasteiger partial charge in [0.15, 0.2) is 0 Å². The van der Waals surface area contributed by atoms with Gasteiger partial charge in [-0.25, -0.2) is 4.98 Å². The van der Waals surface area contributed by atoms with Crippen molar-refractivity contribution in [1.82, 2.24) is 14.9 Å². The first kappa shape index (κ1) is 9.22. The van der Waals surface area contributed by atoms with Crippen LogP contribution in [0.1, 0.15) is 18.8 Å². The summed E-state index contributed by atoms with van der Waals surface area (Å²) in [6, 6.07) is 0.272. The summed E-state index contributed by atoms with van der Waals surface area (Å²) in [7, 11) is 1.99. The van der Waals surface area contributed by atoms with Crippen molar-refractivity contribution in [3.05, 3.63) is 18.2 Å². The fourth-order valence-electron chi connectivity index (χ4n) is 1.19. The minimum absolute atomic E-state index is 0.272. The number of nitrogens with two attached hydrogens (primary N) is 1. The number of hydrogen-bond donors (Lipinski definition) is 2. The van der Waals surface area contributed by atoms with Crippen LogP contribution in [-0.2, 0) is 7.05 Å². The molecule has 1 atom stereocenters. The molecule has 0 saturated heterocycles. The van der Waals surface area contributed by atoms with Crippen LogP contribution in [0.25, 0.3) is 0 Å². The summed E-state index contributed by atoms with van der Waals surface area (Å²) in [5, 5.41) is 3.27. The Morgan fingerprint density at radius 1 is 1.75 bits per heavy atom. The maximum Gasteiger partial charge on any atom is 0.125 e. The third-order valence-electron chi connectivity index (χ3n) is 1.84. The van der Waals surface area contributed by atoms with Gasteiger partial charge in [0.2, 0.25) is 0 Å². The lowest BCUT2D eigenvalue weighted by molar-refractivity contribution is 0.537. The third kappa shape index (κ3) is 2.06. The molecule has 1 rings (SSSR count).